The van der Waals surface area contributed by atoms with Crippen LogP contribution in [-0.4, -0.2) is 24.8 Å². The Labute approximate surface area is 102 Å². The van der Waals surface area contributed by atoms with Crippen molar-refractivity contribution in [2.24, 2.45) is 0 Å². The molecule has 1 aromatic carbocycles. The van der Waals surface area contributed by atoms with Gasteiger partial charge in [-0.2, -0.15) is 17.5 Å². The van der Waals surface area contributed by atoms with Gasteiger partial charge in [-0.05, 0) is 23.6 Å². The van der Waals surface area contributed by atoms with Crippen molar-refractivity contribution in [2.75, 3.05) is 12.3 Å². The minimum absolute atomic E-state index is 0.182. The molecule has 0 atom stereocenters. The Morgan fingerprint density at radius 3 is 2.56 bits per heavy atom. The Morgan fingerprint density at radius 2 is 1.94 bits per heavy atom. The Bertz CT molecular complexity index is 569. The average Bonchev–Trinajstić information content (AvgIpc) is 2.27. The highest BCUT2D eigenvalue weighted by Crippen LogP contribution is 2.32. The van der Waals surface area contributed by atoms with Crippen LogP contribution in [0.1, 0.15) is 11.1 Å². The van der Waals surface area contributed by atoms with Gasteiger partial charge in [0.2, 0.25) is 0 Å². The van der Waals surface area contributed by atoms with Crippen molar-refractivity contribution in [3.8, 4) is 0 Å². The van der Waals surface area contributed by atoms with E-state index < -0.39 is 15.5 Å². The number of nitrogen functional groups attached to an aromatic ring is 1. The predicted molar refractivity (Wildman–Crippen MR) is 59.9 cm³/mol. The highest BCUT2D eigenvalue weighted by molar-refractivity contribution is 7.89. The van der Waals surface area contributed by atoms with Gasteiger partial charge in [-0.15, -0.1) is 0 Å². The fourth-order valence-electron chi connectivity index (χ4n) is 1.93. The summed E-state index contributed by atoms with van der Waals surface area (Å²) >= 11 is 0. The van der Waals surface area contributed by atoms with E-state index in [0.717, 1.165) is 5.56 Å². The lowest BCUT2D eigenvalue weighted by atomic mass is 10.00. The van der Waals surface area contributed by atoms with E-state index in [4.69, 9.17) is 5.73 Å². The molecule has 0 amide bonds. The Hall–Kier alpha value is -1.28. The molecule has 2 N–H and O–H groups in total. The lowest BCUT2D eigenvalue weighted by molar-refractivity contribution is -0.0492. The third kappa shape index (κ3) is 2.05. The maximum absolute atomic E-state index is 12.4. The topological polar surface area (TPSA) is 63.4 Å². The van der Waals surface area contributed by atoms with E-state index in [1.807, 2.05) is 0 Å². The zero-order valence-electron chi connectivity index (χ0n) is 9.24. The lowest BCUT2D eigenvalue weighted by Crippen LogP contribution is -2.43. The Balaban J connectivity index is 2.36. The molecule has 0 aromatic heterocycles. The lowest BCUT2D eigenvalue weighted by Gasteiger charge is -2.29. The number of hydrogen-bond donors (Lipinski definition) is 1. The van der Waals surface area contributed by atoms with Crippen LogP contribution in [0.3, 0.4) is 0 Å². The maximum atomic E-state index is 12.4. The predicted octanol–water partition coefficient (Wildman–Crippen LogP) is 1.48. The van der Waals surface area contributed by atoms with Gasteiger partial charge >= 0.3 is 15.5 Å². The van der Waals surface area contributed by atoms with Gasteiger partial charge in [0.15, 0.2) is 0 Å². The molecule has 1 aliphatic rings. The zero-order chi connectivity index (χ0) is 13.6. The molecular formula is C10H11F3N2O2S. The van der Waals surface area contributed by atoms with E-state index in [1.165, 1.54) is 0 Å². The van der Waals surface area contributed by atoms with Crippen LogP contribution in [0, 0.1) is 0 Å². The molecule has 1 heterocycles. The second-order valence-corrected chi connectivity index (χ2v) is 5.95. The van der Waals surface area contributed by atoms with E-state index in [1.54, 1.807) is 18.2 Å². The summed E-state index contributed by atoms with van der Waals surface area (Å²) in [5, 5.41) is 0. The molecule has 0 unspecified atom stereocenters. The highest BCUT2D eigenvalue weighted by atomic mass is 32.2. The van der Waals surface area contributed by atoms with Gasteiger partial charge in [0.1, 0.15) is 0 Å². The number of fused-ring (bicyclic) bond motifs is 1. The first-order chi connectivity index (χ1) is 8.23. The smallest absolute Gasteiger partial charge is 0.398 e. The van der Waals surface area contributed by atoms with Crippen LogP contribution < -0.4 is 5.73 Å². The van der Waals surface area contributed by atoms with Crippen molar-refractivity contribution in [3.05, 3.63) is 29.3 Å². The molecule has 8 heteroatoms. The molecule has 0 saturated heterocycles. The number of hydrogen-bond acceptors (Lipinski definition) is 3. The van der Waals surface area contributed by atoms with Crippen LogP contribution in [0.15, 0.2) is 18.2 Å². The average molecular weight is 280 g/mol. The first kappa shape index (κ1) is 13.2. The molecule has 2 rings (SSSR count). The molecule has 1 aromatic rings. The van der Waals surface area contributed by atoms with Crippen molar-refractivity contribution in [2.45, 2.75) is 18.5 Å². The van der Waals surface area contributed by atoms with Crippen molar-refractivity contribution in [1.29, 1.82) is 0 Å². The Morgan fingerprint density at radius 1 is 1.28 bits per heavy atom. The maximum Gasteiger partial charge on any atom is 0.511 e. The molecule has 18 heavy (non-hydrogen) atoms. The summed E-state index contributed by atoms with van der Waals surface area (Å²) in [5.74, 6) is 0. The molecule has 0 fully saturated rings. The molecule has 4 nitrogen and oxygen atoms in total. The molecule has 100 valence electrons. The molecule has 0 aliphatic carbocycles. The summed E-state index contributed by atoms with van der Waals surface area (Å²) < 4.78 is 60.3. The van der Waals surface area contributed by atoms with E-state index >= 15 is 0 Å². The normalized spacial score (nSPS) is 17.5. The van der Waals surface area contributed by atoms with Crippen LogP contribution in [0.4, 0.5) is 18.9 Å². The molecule has 0 saturated carbocycles. The van der Waals surface area contributed by atoms with Gasteiger partial charge < -0.3 is 5.73 Å². The standard InChI is InChI=1S/C10H11F3N2O2S/c11-10(12,13)18(16,17)15-5-4-7-2-1-3-9(14)8(7)6-15/h1-3H,4-6,14H2. The fraction of sp³-hybridized carbons (Fsp3) is 0.400. The van der Waals surface area contributed by atoms with Crippen LogP contribution in [0.2, 0.25) is 0 Å². The van der Waals surface area contributed by atoms with Crippen LogP contribution >= 0.6 is 0 Å². The van der Waals surface area contributed by atoms with Gasteiger partial charge in [0.05, 0.1) is 0 Å². The second-order valence-electron chi connectivity index (χ2n) is 4.02. The van der Waals surface area contributed by atoms with E-state index in [9.17, 15) is 21.6 Å². The molecular weight excluding hydrogens is 269 g/mol. The van der Waals surface area contributed by atoms with Gasteiger partial charge in [0.25, 0.3) is 0 Å². The highest BCUT2D eigenvalue weighted by Gasteiger charge is 2.50. The number of halogens is 3. The number of rotatable bonds is 1. The van der Waals surface area contributed by atoms with E-state index in [-0.39, 0.29) is 19.5 Å². The van der Waals surface area contributed by atoms with Crippen molar-refractivity contribution >= 4 is 15.7 Å². The number of benzene rings is 1. The minimum atomic E-state index is -5.28. The summed E-state index contributed by atoms with van der Waals surface area (Å²) in [7, 11) is -5.28. The fourth-order valence-corrected chi connectivity index (χ4v) is 2.86. The van der Waals surface area contributed by atoms with E-state index in [2.05, 4.69) is 0 Å². The van der Waals surface area contributed by atoms with E-state index in [0.29, 0.717) is 15.6 Å². The first-order valence-electron chi connectivity index (χ1n) is 5.16. The van der Waals surface area contributed by atoms with Crippen LogP contribution in [-0.2, 0) is 23.0 Å². The number of nitrogens with two attached hydrogens (primary N) is 1. The summed E-state index contributed by atoms with van der Waals surface area (Å²) in [4.78, 5) is 0. The Kier molecular flexibility index (Phi) is 3.02. The number of anilines is 1. The third-order valence-electron chi connectivity index (χ3n) is 2.91. The summed E-state index contributed by atoms with van der Waals surface area (Å²) in [6.45, 7) is -0.512. The zero-order valence-corrected chi connectivity index (χ0v) is 10.1. The molecule has 0 radical (unpaired) electrons. The molecule has 0 spiro atoms. The van der Waals surface area contributed by atoms with Crippen LogP contribution in [0.25, 0.3) is 0 Å². The minimum Gasteiger partial charge on any atom is -0.398 e. The van der Waals surface area contributed by atoms with Crippen LogP contribution in [0.5, 0.6) is 0 Å². The summed E-state index contributed by atoms with van der Waals surface area (Å²) in [5.41, 5.74) is 1.95. The van der Waals surface area contributed by atoms with Gasteiger partial charge in [-0.3, -0.25) is 0 Å². The number of nitrogens with zero attached hydrogens (tertiary/aromatic N) is 1. The quantitative estimate of drug-likeness (QED) is 0.792. The number of sulfonamides is 1. The van der Waals surface area contributed by atoms with Crippen molar-refractivity contribution < 1.29 is 21.6 Å². The van der Waals surface area contributed by atoms with Crippen molar-refractivity contribution in [3.63, 3.8) is 0 Å². The monoisotopic (exact) mass is 280 g/mol. The second kappa shape index (κ2) is 4.13. The van der Waals surface area contributed by atoms with Crippen molar-refractivity contribution in [1.82, 2.24) is 4.31 Å². The largest absolute Gasteiger partial charge is 0.511 e. The summed E-state index contributed by atoms with van der Waals surface area (Å²) in [6, 6.07) is 4.98. The SMILES string of the molecule is Nc1cccc2c1CN(S(=O)(=O)C(F)(F)F)CC2. The molecule has 0 bridgehead atoms. The summed E-state index contributed by atoms with van der Waals surface area (Å²) in [6.07, 6.45) is 0.232. The van der Waals surface area contributed by atoms with Gasteiger partial charge in [0, 0.05) is 18.8 Å². The first-order valence-corrected chi connectivity index (χ1v) is 6.60. The molecule has 1 aliphatic heterocycles. The van der Waals surface area contributed by atoms with Gasteiger partial charge in [-0.1, -0.05) is 12.1 Å². The van der Waals surface area contributed by atoms with Gasteiger partial charge in [-0.25, -0.2) is 8.42 Å². The third-order valence-corrected chi connectivity index (χ3v) is 4.48. The number of alkyl halides is 3.